The van der Waals surface area contributed by atoms with Gasteiger partial charge in [0.2, 0.25) is 0 Å². The van der Waals surface area contributed by atoms with E-state index in [0.717, 1.165) is 67.0 Å². The van der Waals surface area contributed by atoms with Crippen molar-refractivity contribution in [1.82, 2.24) is 9.88 Å². The molecule has 3 heterocycles. The van der Waals surface area contributed by atoms with E-state index >= 15 is 0 Å². The molecule has 1 aromatic heterocycles. The molecule has 1 spiro atoms. The van der Waals surface area contributed by atoms with Gasteiger partial charge in [-0.2, -0.15) is 0 Å². The molecule has 1 saturated heterocycles. The van der Waals surface area contributed by atoms with Gasteiger partial charge in [-0.15, -0.1) is 0 Å². The number of carbonyl (C=O) groups excluding carboxylic acids is 1. The highest BCUT2D eigenvalue weighted by Gasteiger charge is 2.44. The Bertz CT molecular complexity index is 1130. The number of fused-ring (bicyclic) bond motifs is 4. The second-order valence-electron chi connectivity index (χ2n) is 8.21. The molecule has 0 unspecified atom stereocenters. The number of piperidine rings is 1. The highest BCUT2D eigenvalue weighted by molar-refractivity contribution is 6.30. The van der Waals surface area contributed by atoms with Gasteiger partial charge in [0, 0.05) is 42.1 Å². The van der Waals surface area contributed by atoms with Gasteiger partial charge in [-0.3, -0.25) is 0 Å². The third kappa shape index (κ3) is 3.52. The summed E-state index contributed by atoms with van der Waals surface area (Å²) in [5.74, 6) is 1.59. The van der Waals surface area contributed by atoms with E-state index in [1.807, 2.05) is 30.3 Å². The first-order valence-corrected chi connectivity index (χ1v) is 11.0. The normalized spacial score (nSPS) is 16.3. The minimum atomic E-state index is -0.372. The first-order valence-electron chi connectivity index (χ1n) is 10.6. The van der Waals surface area contributed by atoms with Crippen molar-refractivity contribution in [2.24, 2.45) is 0 Å². The summed E-state index contributed by atoms with van der Waals surface area (Å²) in [5.41, 5.74) is 5.17. The molecule has 5 rings (SSSR count). The molecule has 31 heavy (non-hydrogen) atoms. The van der Waals surface area contributed by atoms with Crippen molar-refractivity contribution < 1.29 is 14.3 Å². The summed E-state index contributed by atoms with van der Waals surface area (Å²) in [6, 6.07) is 14.1. The van der Waals surface area contributed by atoms with Gasteiger partial charge in [-0.25, -0.2) is 0 Å². The van der Waals surface area contributed by atoms with E-state index in [9.17, 15) is 4.79 Å². The van der Waals surface area contributed by atoms with Crippen LogP contribution < -0.4 is 14.8 Å². The number of carbonyl (C=O) groups is 1. The summed E-state index contributed by atoms with van der Waals surface area (Å²) in [4.78, 5) is 11.0. The van der Waals surface area contributed by atoms with Crippen molar-refractivity contribution in [3.05, 3.63) is 76.1 Å². The fourth-order valence-electron chi connectivity index (χ4n) is 4.90. The molecule has 2 aliphatic heterocycles. The van der Waals surface area contributed by atoms with E-state index in [4.69, 9.17) is 21.1 Å². The Morgan fingerprint density at radius 2 is 2.00 bits per heavy atom. The van der Waals surface area contributed by atoms with Crippen LogP contribution in [0.15, 0.2) is 48.7 Å². The van der Waals surface area contributed by atoms with E-state index in [0.29, 0.717) is 11.4 Å². The minimum absolute atomic E-state index is 0.356. The second kappa shape index (κ2) is 8.06. The number of nitrogens with zero attached hydrogens (tertiary/aromatic N) is 1. The molecular formula is C25H25ClN2O3. The van der Waals surface area contributed by atoms with E-state index in [1.165, 1.54) is 11.3 Å². The molecule has 2 aromatic carbocycles. The quantitative estimate of drug-likeness (QED) is 0.601. The predicted molar refractivity (Wildman–Crippen MR) is 121 cm³/mol. The van der Waals surface area contributed by atoms with Crippen LogP contribution in [0.2, 0.25) is 5.02 Å². The van der Waals surface area contributed by atoms with Crippen molar-refractivity contribution in [2.45, 2.75) is 31.3 Å². The number of hydrogen-bond donors (Lipinski definition) is 1. The third-order valence-corrected chi connectivity index (χ3v) is 6.58. The predicted octanol–water partition coefficient (Wildman–Crippen LogP) is 4.44. The smallest absolute Gasteiger partial charge is 0.152 e. The fraction of sp³-hybridized carbons (Fsp3) is 0.320. The molecule has 1 fully saturated rings. The molecule has 160 valence electrons. The maximum absolute atomic E-state index is 11.0. The summed E-state index contributed by atoms with van der Waals surface area (Å²) in [5, 5.41) is 4.14. The summed E-state index contributed by atoms with van der Waals surface area (Å²) < 4.78 is 14.5. The Morgan fingerprint density at radius 1 is 1.16 bits per heavy atom. The molecule has 0 amide bonds. The Hall–Kier alpha value is -2.76. The molecule has 5 nitrogen and oxygen atoms in total. The lowest BCUT2D eigenvalue weighted by atomic mass is 9.84. The zero-order valence-electron chi connectivity index (χ0n) is 17.5. The van der Waals surface area contributed by atoms with Crippen LogP contribution in [0.3, 0.4) is 0 Å². The Balaban J connectivity index is 1.58. The number of rotatable bonds is 5. The van der Waals surface area contributed by atoms with Gasteiger partial charge in [-0.1, -0.05) is 23.7 Å². The number of nitrogens with one attached hydrogen (secondary N) is 1. The standard InChI is InChI=1S/C25H25ClN2O3/c1-30-22-15-17(2-3-18(22)7-13-29)14-19-6-12-28-21-5-4-20(26)16-23(21)31-25(24(19)28)8-10-27-11-9-25/h2-6,12-13,15-16,27H,7-11,14H2,1H3. The Morgan fingerprint density at radius 3 is 2.77 bits per heavy atom. The molecular weight excluding hydrogens is 412 g/mol. The fourth-order valence-corrected chi connectivity index (χ4v) is 5.06. The van der Waals surface area contributed by atoms with E-state index in [1.54, 1.807) is 7.11 Å². The minimum Gasteiger partial charge on any atom is -0.496 e. The maximum atomic E-state index is 11.0. The number of aromatic nitrogens is 1. The van der Waals surface area contributed by atoms with Gasteiger partial charge >= 0.3 is 0 Å². The highest BCUT2D eigenvalue weighted by Crippen LogP contribution is 2.46. The summed E-state index contributed by atoms with van der Waals surface area (Å²) in [6.45, 7) is 1.82. The molecule has 0 bridgehead atoms. The Labute approximate surface area is 186 Å². The number of methoxy groups -OCH3 is 1. The first-order chi connectivity index (χ1) is 15.1. The lowest BCUT2D eigenvalue weighted by Gasteiger charge is -2.43. The van der Waals surface area contributed by atoms with E-state index in [2.05, 4.69) is 28.2 Å². The van der Waals surface area contributed by atoms with Crippen LogP contribution in [0.1, 0.15) is 35.2 Å². The summed E-state index contributed by atoms with van der Waals surface area (Å²) >= 11 is 6.27. The van der Waals surface area contributed by atoms with Gasteiger partial charge in [0.25, 0.3) is 0 Å². The molecule has 0 aliphatic carbocycles. The van der Waals surface area contributed by atoms with Crippen molar-refractivity contribution in [3.63, 3.8) is 0 Å². The number of benzene rings is 2. The first kappa shape index (κ1) is 20.2. The van der Waals surface area contributed by atoms with Gasteiger partial charge < -0.3 is 24.2 Å². The van der Waals surface area contributed by atoms with Crippen molar-refractivity contribution in [1.29, 1.82) is 0 Å². The SMILES string of the molecule is COc1cc(Cc2ccn3c2C2(CCNCC2)Oc2cc(Cl)ccc2-3)ccc1CC=O. The third-order valence-electron chi connectivity index (χ3n) is 6.35. The van der Waals surface area contributed by atoms with Crippen molar-refractivity contribution >= 4 is 17.9 Å². The van der Waals surface area contributed by atoms with Crippen LogP contribution in [-0.4, -0.2) is 31.1 Å². The van der Waals surface area contributed by atoms with Gasteiger partial charge in [-0.05, 0) is 54.9 Å². The molecule has 1 N–H and O–H groups in total. The monoisotopic (exact) mass is 436 g/mol. The average molecular weight is 437 g/mol. The lowest BCUT2D eigenvalue weighted by Crippen LogP contribution is -2.47. The molecule has 0 radical (unpaired) electrons. The van der Waals surface area contributed by atoms with E-state index < -0.39 is 0 Å². The van der Waals surface area contributed by atoms with Crippen LogP contribution in [0.4, 0.5) is 0 Å². The van der Waals surface area contributed by atoms with Crippen LogP contribution in [0, 0.1) is 0 Å². The molecule has 3 aromatic rings. The highest BCUT2D eigenvalue weighted by atomic mass is 35.5. The molecule has 6 heteroatoms. The van der Waals surface area contributed by atoms with Crippen molar-refractivity contribution in [3.8, 4) is 17.2 Å². The lowest BCUT2D eigenvalue weighted by molar-refractivity contribution is -0.107. The molecule has 0 saturated carbocycles. The molecule has 2 aliphatic rings. The van der Waals surface area contributed by atoms with Crippen LogP contribution in [0.25, 0.3) is 5.69 Å². The van der Waals surface area contributed by atoms with Gasteiger partial charge in [0.1, 0.15) is 17.8 Å². The van der Waals surface area contributed by atoms with Crippen LogP contribution in [-0.2, 0) is 23.2 Å². The summed E-state index contributed by atoms with van der Waals surface area (Å²) in [7, 11) is 1.65. The number of halogens is 1. The van der Waals surface area contributed by atoms with Crippen LogP contribution >= 0.6 is 11.6 Å². The summed E-state index contributed by atoms with van der Waals surface area (Å²) in [6.07, 6.45) is 5.97. The topological polar surface area (TPSA) is 52.5 Å². The zero-order valence-corrected chi connectivity index (χ0v) is 18.2. The Kier molecular flexibility index (Phi) is 5.24. The average Bonchev–Trinajstić information content (AvgIpc) is 3.20. The van der Waals surface area contributed by atoms with Gasteiger partial charge in [0.05, 0.1) is 18.5 Å². The van der Waals surface area contributed by atoms with Crippen LogP contribution in [0.5, 0.6) is 11.5 Å². The maximum Gasteiger partial charge on any atom is 0.152 e. The van der Waals surface area contributed by atoms with Crippen molar-refractivity contribution in [2.75, 3.05) is 20.2 Å². The largest absolute Gasteiger partial charge is 0.496 e. The molecule has 0 atom stereocenters. The second-order valence-corrected chi connectivity index (χ2v) is 8.65. The van der Waals surface area contributed by atoms with E-state index in [-0.39, 0.29) is 5.60 Å². The number of ether oxygens (including phenoxy) is 2. The number of hydrogen-bond acceptors (Lipinski definition) is 4. The number of aldehydes is 1. The van der Waals surface area contributed by atoms with Gasteiger partial charge in [0.15, 0.2) is 5.60 Å². The zero-order chi connectivity index (χ0) is 21.4.